The molecule has 1 fully saturated rings. The van der Waals surface area contributed by atoms with Crippen LogP contribution >= 0.6 is 0 Å². The van der Waals surface area contributed by atoms with E-state index in [4.69, 9.17) is 15.1 Å². The van der Waals surface area contributed by atoms with E-state index in [0.29, 0.717) is 12.0 Å². The molecule has 1 rings (SSSR count). The van der Waals surface area contributed by atoms with Crippen LogP contribution in [0.5, 0.6) is 0 Å². The van der Waals surface area contributed by atoms with Crippen molar-refractivity contribution < 1.29 is 14.6 Å². The molecule has 1 aliphatic rings. The Kier molecular flexibility index (Phi) is 3.89. The van der Waals surface area contributed by atoms with Crippen LogP contribution in [0.3, 0.4) is 0 Å². The van der Waals surface area contributed by atoms with Gasteiger partial charge in [0.1, 0.15) is 0 Å². The molecule has 1 heterocycles. The lowest BCUT2D eigenvalue weighted by molar-refractivity contribution is -0.132. The molecular weight excluding hydrogens is 182 g/mol. The Labute approximate surface area is 82.1 Å². The largest absolute Gasteiger partial charge is 0.478 e. The van der Waals surface area contributed by atoms with E-state index in [2.05, 4.69) is 0 Å². The molecule has 1 aliphatic heterocycles. The van der Waals surface area contributed by atoms with Crippen LogP contribution in [0.15, 0.2) is 23.8 Å². The number of hydrogen-bond donors (Lipinski definition) is 1. The quantitative estimate of drug-likeness (QED) is 0.308. The highest BCUT2D eigenvalue weighted by atomic mass is 16.6. The third kappa shape index (κ3) is 3.87. The minimum atomic E-state index is -0.937. The number of epoxide rings is 1. The van der Waals surface area contributed by atoms with Crippen LogP contribution < -0.4 is 0 Å². The first-order valence-corrected chi connectivity index (χ1v) is 4.34. The Morgan fingerprint density at radius 1 is 1.71 bits per heavy atom. The predicted octanol–water partition coefficient (Wildman–Crippen LogP) is 1.26. The molecule has 1 N–H and O–H groups in total. The first-order valence-electron chi connectivity index (χ1n) is 4.34. The highest BCUT2D eigenvalue weighted by Gasteiger charge is 2.23. The third-order valence-electron chi connectivity index (χ3n) is 1.88. The van der Waals surface area contributed by atoms with Crippen LogP contribution in [0.2, 0.25) is 0 Å². The van der Waals surface area contributed by atoms with Gasteiger partial charge in [-0.15, -0.1) is 0 Å². The zero-order chi connectivity index (χ0) is 10.4. The Morgan fingerprint density at radius 3 is 2.93 bits per heavy atom. The summed E-state index contributed by atoms with van der Waals surface area (Å²) in [5, 5.41) is 17.0. The van der Waals surface area contributed by atoms with E-state index >= 15 is 0 Å². The van der Waals surface area contributed by atoms with E-state index in [1.807, 2.05) is 0 Å². The minimum absolute atomic E-state index is 0.234. The summed E-state index contributed by atoms with van der Waals surface area (Å²) in [5.74, 6) is -0.937. The zero-order valence-electron chi connectivity index (χ0n) is 7.64. The summed E-state index contributed by atoms with van der Waals surface area (Å²) in [4.78, 5) is 10.7. The molecule has 0 saturated carbocycles. The molecule has 14 heavy (non-hydrogen) atoms. The Balaban J connectivity index is 2.44. The third-order valence-corrected chi connectivity index (χ3v) is 1.88. The van der Waals surface area contributed by atoms with E-state index in [9.17, 15) is 4.79 Å². The average Bonchev–Trinajstić information content (AvgIpc) is 2.94. The monoisotopic (exact) mass is 193 g/mol. The molecule has 1 unspecified atom stereocenters. The molecule has 0 aromatic heterocycles. The number of nitrogens with zero attached hydrogens (tertiary/aromatic N) is 1. The normalized spacial score (nSPS) is 20.8. The minimum Gasteiger partial charge on any atom is -0.478 e. The van der Waals surface area contributed by atoms with Gasteiger partial charge in [-0.2, -0.15) is 5.26 Å². The van der Waals surface area contributed by atoms with E-state index in [0.717, 1.165) is 13.0 Å². The highest BCUT2D eigenvalue weighted by Crippen LogP contribution is 2.18. The second kappa shape index (κ2) is 5.20. The number of aliphatic carboxylic acids is 1. The molecule has 0 radical (unpaired) electrons. The van der Waals surface area contributed by atoms with Gasteiger partial charge in [0.2, 0.25) is 0 Å². The first-order chi connectivity index (χ1) is 6.74. The van der Waals surface area contributed by atoms with Crippen molar-refractivity contribution in [2.75, 3.05) is 6.61 Å². The summed E-state index contributed by atoms with van der Waals surface area (Å²) in [6.07, 6.45) is 5.59. The van der Waals surface area contributed by atoms with Crippen LogP contribution in [-0.4, -0.2) is 23.8 Å². The molecule has 4 nitrogen and oxygen atoms in total. The maximum atomic E-state index is 10.7. The fraction of sp³-hybridized carbons (Fsp3) is 0.400. The highest BCUT2D eigenvalue weighted by molar-refractivity contribution is 5.86. The molecule has 4 heteroatoms. The van der Waals surface area contributed by atoms with Crippen molar-refractivity contribution in [3.63, 3.8) is 0 Å². The van der Waals surface area contributed by atoms with Crippen molar-refractivity contribution in [1.82, 2.24) is 0 Å². The Hall–Kier alpha value is -1.60. The van der Waals surface area contributed by atoms with E-state index in [1.54, 1.807) is 6.07 Å². The number of carbonyl (C=O) groups is 1. The van der Waals surface area contributed by atoms with E-state index in [-0.39, 0.29) is 6.10 Å². The molecule has 74 valence electrons. The number of carboxylic acids is 1. The van der Waals surface area contributed by atoms with Crippen molar-refractivity contribution >= 4 is 5.97 Å². The lowest BCUT2D eigenvalue weighted by atomic mass is 10.1. The molecule has 0 aliphatic carbocycles. The van der Waals surface area contributed by atoms with Crippen molar-refractivity contribution in [1.29, 1.82) is 5.26 Å². The van der Waals surface area contributed by atoms with E-state index in [1.165, 1.54) is 18.2 Å². The maximum Gasteiger partial charge on any atom is 0.331 e. The van der Waals surface area contributed by atoms with Gasteiger partial charge in [0.25, 0.3) is 0 Å². The van der Waals surface area contributed by atoms with Gasteiger partial charge in [0.05, 0.1) is 18.8 Å². The van der Waals surface area contributed by atoms with Crippen LogP contribution in [-0.2, 0) is 9.53 Å². The van der Waals surface area contributed by atoms with Gasteiger partial charge >= 0.3 is 5.97 Å². The van der Waals surface area contributed by atoms with Gasteiger partial charge in [-0.25, -0.2) is 4.79 Å². The number of rotatable bonds is 5. The predicted molar refractivity (Wildman–Crippen MR) is 49.4 cm³/mol. The van der Waals surface area contributed by atoms with Gasteiger partial charge in [-0.3, -0.25) is 0 Å². The van der Waals surface area contributed by atoms with Crippen LogP contribution in [0.4, 0.5) is 0 Å². The fourth-order valence-electron chi connectivity index (χ4n) is 1.02. The number of nitriles is 1. The summed E-state index contributed by atoms with van der Waals surface area (Å²) >= 11 is 0. The second-order valence-electron chi connectivity index (χ2n) is 2.98. The molecule has 0 amide bonds. The standard InChI is InChI=1S/C10H11NO3/c11-6-2-1-3-8(10(12)13)4-5-9-7-14-9/h1-3,9H,4-5,7H2,(H,12,13). The SMILES string of the molecule is N#CC=CC=C(CCC1CO1)C(=O)O. The van der Waals surface area contributed by atoms with Gasteiger partial charge in [0.15, 0.2) is 0 Å². The van der Waals surface area contributed by atoms with Crippen molar-refractivity contribution in [2.24, 2.45) is 0 Å². The number of hydrogen-bond acceptors (Lipinski definition) is 3. The van der Waals surface area contributed by atoms with Gasteiger partial charge in [-0.05, 0) is 12.8 Å². The fourth-order valence-corrected chi connectivity index (χ4v) is 1.02. The summed E-state index contributed by atoms with van der Waals surface area (Å²) < 4.78 is 4.97. The Bertz CT molecular complexity index is 308. The average molecular weight is 193 g/mol. The maximum absolute atomic E-state index is 10.7. The van der Waals surface area contributed by atoms with Crippen LogP contribution in [0, 0.1) is 11.3 Å². The molecular formula is C10H11NO3. The lowest BCUT2D eigenvalue weighted by Gasteiger charge is -1.97. The van der Waals surface area contributed by atoms with Gasteiger partial charge in [-0.1, -0.05) is 12.2 Å². The van der Waals surface area contributed by atoms with Crippen molar-refractivity contribution in [3.05, 3.63) is 23.8 Å². The summed E-state index contributed by atoms with van der Waals surface area (Å²) in [6.45, 7) is 0.737. The lowest BCUT2D eigenvalue weighted by Crippen LogP contribution is -2.01. The first kappa shape index (κ1) is 10.5. The summed E-state index contributed by atoms with van der Waals surface area (Å²) in [5.41, 5.74) is 0.312. The van der Waals surface area contributed by atoms with Crippen LogP contribution in [0.25, 0.3) is 0 Å². The van der Waals surface area contributed by atoms with Gasteiger partial charge in [0, 0.05) is 11.6 Å². The molecule has 0 spiro atoms. The zero-order valence-corrected chi connectivity index (χ0v) is 7.64. The van der Waals surface area contributed by atoms with Crippen molar-refractivity contribution in [3.8, 4) is 6.07 Å². The number of ether oxygens (including phenoxy) is 1. The topological polar surface area (TPSA) is 73.6 Å². The number of allylic oxidation sites excluding steroid dienone is 3. The molecule has 0 bridgehead atoms. The van der Waals surface area contributed by atoms with Crippen LogP contribution in [0.1, 0.15) is 12.8 Å². The summed E-state index contributed by atoms with van der Waals surface area (Å²) in [6, 6.07) is 1.80. The molecule has 0 aromatic carbocycles. The van der Waals surface area contributed by atoms with E-state index < -0.39 is 5.97 Å². The smallest absolute Gasteiger partial charge is 0.331 e. The number of carboxylic acid groups (broad SMARTS) is 1. The summed E-state index contributed by atoms with van der Waals surface area (Å²) in [7, 11) is 0. The second-order valence-corrected chi connectivity index (χ2v) is 2.98. The molecule has 1 atom stereocenters. The Morgan fingerprint density at radius 2 is 2.43 bits per heavy atom. The molecule has 1 saturated heterocycles. The van der Waals surface area contributed by atoms with Gasteiger partial charge < -0.3 is 9.84 Å². The molecule has 0 aromatic rings. The van der Waals surface area contributed by atoms with Crippen molar-refractivity contribution in [2.45, 2.75) is 18.9 Å².